The summed E-state index contributed by atoms with van der Waals surface area (Å²) in [5, 5.41) is 12.8. The van der Waals surface area contributed by atoms with E-state index in [9.17, 15) is 4.79 Å². The van der Waals surface area contributed by atoms with Crippen molar-refractivity contribution in [3.05, 3.63) is 24.0 Å². The van der Waals surface area contributed by atoms with E-state index in [2.05, 4.69) is 11.2 Å². The van der Waals surface area contributed by atoms with Crippen LogP contribution in [0.5, 0.6) is 0 Å². The highest BCUT2D eigenvalue weighted by Crippen LogP contribution is 2.26. The second-order valence-electron chi connectivity index (χ2n) is 4.96. The Morgan fingerprint density at radius 2 is 2.27 bits per heavy atom. The van der Waals surface area contributed by atoms with Crippen molar-refractivity contribution in [2.45, 2.75) is 57.7 Å². The number of nitrogens with one attached hydrogen (secondary N) is 1. The highest BCUT2D eigenvalue weighted by atomic mass is 32.2. The number of carbonyl (C=O) groups is 1. The minimum absolute atomic E-state index is 0.249. The zero-order valence-corrected chi connectivity index (χ0v) is 14.5. The van der Waals surface area contributed by atoms with Gasteiger partial charge in [-0.05, 0) is 43.9 Å². The van der Waals surface area contributed by atoms with Crippen molar-refractivity contribution in [1.29, 1.82) is 0 Å². The summed E-state index contributed by atoms with van der Waals surface area (Å²) in [4.78, 5) is 11.4. The van der Waals surface area contributed by atoms with Crippen LogP contribution < -0.4 is 5.48 Å². The van der Waals surface area contributed by atoms with Crippen LogP contribution in [0.4, 0.5) is 0 Å². The summed E-state index contributed by atoms with van der Waals surface area (Å²) in [6.07, 6.45) is 13.6. The lowest BCUT2D eigenvalue weighted by atomic mass is 9.96. The van der Waals surface area contributed by atoms with Crippen molar-refractivity contribution in [3.63, 3.8) is 0 Å². The van der Waals surface area contributed by atoms with Gasteiger partial charge in [-0.25, -0.2) is 5.48 Å². The number of aromatic nitrogens is 2. The standard InChI is InChI=1S/C14H21N3O2S.C2H6/c1-20-13(14(18)16-19)7-8-17-10-12(9-15-17)11-5-3-2-4-6-11;1-2/h5,9-10,13,19H,2-4,6-8H2,1H3,(H,16,18);1-2H3. The Morgan fingerprint density at radius 1 is 1.50 bits per heavy atom. The summed E-state index contributed by atoms with van der Waals surface area (Å²) in [5.74, 6) is -0.347. The third-order valence-corrected chi connectivity index (χ3v) is 4.62. The maximum atomic E-state index is 11.4. The predicted octanol–water partition coefficient (Wildman–Crippen LogP) is 3.49. The van der Waals surface area contributed by atoms with Crippen LogP contribution in [0, 0.1) is 0 Å². The fraction of sp³-hybridized carbons (Fsp3) is 0.625. The number of carbonyl (C=O) groups excluding carboxylic acids is 1. The molecule has 124 valence electrons. The van der Waals surface area contributed by atoms with Crippen molar-refractivity contribution < 1.29 is 10.0 Å². The van der Waals surface area contributed by atoms with Crippen LogP contribution in [-0.4, -0.2) is 32.4 Å². The number of amides is 1. The smallest absolute Gasteiger partial charge is 0.256 e. The average Bonchev–Trinajstić information content (AvgIpc) is 3.06. The van der Waals surface area contributed by atoms with E-state index < -0.39 is 0 Å². The molecule has 0 saturated heterocycles. The summed E-state index contributed by atoms with van der Waals surface area (Å²) in [6, 6.07) is 0. The van der Waals surface area contributed by atoms with Crippen molar-refractivity contribution in [2.75, 3.05) is 6.26 Å². The fourth-order valence-corrected chi connectivity index (χ4v) is 3.04. The Kier molecular flexibility index (Phi) is 8.92. The molecule has 1 atom stereocenters. The molecule has 1 aromatic rings. The van der Waals surface area contributed by atoms with Gasteiger partial charge in [0, 0.05) is 18.3 Å². The number of nitrogens with zero attached hydrogens (tertiary/aromatic N) is 2. The number of hydrogen-bond donors (Lipinski definition) is 2. The van der Waals surface area contributed by atoms with Gasteiger partial charge in [0.2, 0.25) is 0 Å². The molecule has 1 aromatic heterocycles. The minimum Gasteiger partial charge on any atom is -0.289 e. The Labute approximate surface area is 137 Å². The van der Waals surface area contributed by atoms with E-state index in [1.807, 2.05) is 37.2 Å². The van der Waals surface area contributed by atoms with Crippen LogP contribution in [0.2, 0.25) is 0 Å². The lowest BCUT2D eigenvalue weighted by molar-refractivity contribution is -0.128. The molecule has 6 heteroatoms. The van der Waals surface area contributed by atoms with E-state index in [0.717, 1.165) is 12.8 Å². The molecule has 0 bridgehead atoms. The van der Waals surface area contributed by atoms with Gasteiger partial charge in [-0.15, -0.1) is 0 Å². The largest absolute Gasteiger partial charge is 0.289 e. The Balaban J connectivity index is 0.00000116. The molecule has 1 aliphatic carbocycles. The Hall–Kier alpha value is -1.27. The molecular weight excluding hydrogens is 298 g/mol. The first kappa shape index (κ1) is 18.8. The zero-order chi connectivity index (χ0) is 16.4. The highest BCUT2D eigenvalue weighted by Gasteiger charge is 2.16. The summed E-state index contributed by atoms with van der Waals surface area (Å²) < 4.78 is 1.87. The van der Waals surface area contributed by atoms with Gasteiger partial charge in [0.05, 0.1) is 11.4 Å². The molecule has 2 N–H and O–H groups in total. The van der Waals surface area contributed by atoms with Crippen LogP contribution in [0.1, 0.15) is 51.5 Å². The van der Waals surface area contributed by atoms with E-state index in [4.69, 9.17) is 5.21 Å². The fourth-order valence-electron chi connectivity index (χ4n) is 2.43. The van der Waals surface area contributed by atoms with Gasteiger partial charge in [-0.2, -0.15) is 16.9 Å². The van der Waals surface area contributed by atoms with E-state index in [0.29, 0.717) is 13.0 Å². The highest BCUT2D eigenvalue weighted by molar-refractivity contribution is 7.99. The Bertz CT molecular complexity index is 485. The normalized spacial score (nSPS) is 15.4. The molecular formula is C16H27N3O2S. The maximum Gasteiger partial charge on any atom is 0.256 e. The van der Waals surface area contributed by atoms with Crippen LogP contribution in [0.15, 0.2) is 18.5 Å². The predicted molar refractivity (Wildman–Crippen MR) is 91.9 cm³/mol. The monoisotopic (exact) mass is 325 g/mol. The molecule has 1 amide bonds. The molecule has 0 fully saturated rings. The summed E-state index contributed by atoms with van der Waals surface area (Å²) in [5.41, 5.74) is 4.29. The van der Waals surface area contributed by atoms with Gasteiger partial charge >= 0.3 is 0 Å². The summed E-state index contributed by atoms with van der Waals surface area (Å²) in [7, 11) is 0. The van der Waals surface area contributed by atoms with Gasteiger partial charge < -0.3 is 0 Å². The molecule has 1 aliphatic rings. The first-order chi connectivity index (χ1) is 10.7. The molecule has 0 spiro atoms. The van der Waals surface area contributed by atoms with Gasteiger partial charge in [-0.1, -0.05) is 19.9 Å². The molecule has 0 saturated carbocycles. The van der Waals surface area contributed by atoms with Crippen LogP contribution in [0.3, 0.4) is 0 Å². The molecule has 22 heavy (non-hydrogen) atoms. The van der Waals surface area contributed by atoms with Crippen molar-refractivity contribution in [3.8, 4) is 0 Å². The molecule has 1 heterocycles. The first-order valence-corrected chi connectivity index (χ1v) is 9.22. The summed E-state index contributed by atoms with van der Waals surface area (Å²) >= 11 is 1.43. The molecule has 0 aromatic carbocycles. The number of allylic oxidation sites excluding steroid dienone is 2. The minimum atomic E-state index is -0.347. The van der Waals surface area contributed by atoms with Crippen molar-refractivity contribution in [1.82, 2.24) is 15.3 Å². The second-order valence-corrected chi connectivity index (χ2v) is 6.00. The lowest BCUT2D eigenvalue weighted by Crippen LogP contribution is -2.30. The summed E-state index contributed by atoms with van der Waals surface area (Å²) in [6.45, 7) is 4.67. The van der Waals surface area contributed by atoms with E-state index >= 15 is 0 Å². The number of rotatable bonds is 6. The third-order valence-electron chi connectivity index (χ3n) is 3.60. The van der Waals surface area contributed by atoms with Gasteiger partial charge in [0.25, 0.3) is 5.91 Å². The van der Waals surface area contributed by atoms with Crippen LogP contribution >= 0.6 is 11.8 Å². The number of hydroxylamine groups is 1. The lowest BCUT2D eigenvalue weighted by Gasteiger charge is -2.12. The zero-order valence-electron chi connectivity index (χ0n) is 13.7. The molecule has 5 nitrogen and oxygen atoms in total. The van der Waals surface area contributed by atoms with Crippen molar-refractivity contribution >= 4 is 23.2 Å². The molecule has 2 rings (SSSR count). The average molecular weight is 325 g/mol. The first-order valence-electron chi connectivity index (χ1n) is 7.93. The third kappa shape index (κ3) is 5.50. The van der Waals surface area contributed by atoms with E-state index in [1.165, 1.54) is 35.7 Å². The quantitative estimate of drug-likeness (QED) is 0.620. The van der Waals surface area contributed by atoms with E-state index in [1.54, 1.807) is 5.48 Å². The van der Waals surface area contributed by atoms with Crippen LogP contribution in [-0.2, 0) is 11.3 Å². The number of hydrogen-bond acceptors (Lipinski definition) is 4. The molecule has 1 unspecified atom stereocenters. The second kappa shape index (κ2) is 10.5. The molecule has 0 radical (unpaired) electrons. The maximum absolute atomic E-state index is 11.4. The van der Waals surface area contributed by atoms with Crippen LogP contribution in [0.25, 0.3) is 5.57 Å². The van der Waals surface area contributed by atoms with Gasteiger partial charge in [0.15, 0.2) is 0 Å². The molecule has 0 aliphatic heterocycles. The number of thioether (sulfide) groups is 1. The SMILES string of the molecule is CC.CSC(CCn1cc(C2=CCCCC2)cn1)C(=O)NO. The number of aryl methyl sites for hydroxylation is 1. The van der Waals surface area contributed by atoms with Crippen molar-refractivity contribution in [2.24, 2.45) is 0 Å². The Morgan fingerprint density at radius 3 is 2.86 bits per heavy atom. The topological polar surface area (TPSA) is 67.2 Å². The van der Waals surface area contributed by atoms with E-state index in [-0.39, 0.29) is 11.2 Å². The van der Waals surface area contributed by atoms with Gasteiger partial charge in [-0.3, -0.25) is 14.7 Å². The van der Waals surface area contributed by atoms with Gasteiger partial charge in [0.1, 0.15) is 0 Å².